The third-order valence-electron chi connectivity index (χ3n) is 3.46. The highest BCUT2D eigenvalue weighted by Gasteiger charge is 2.15. The maximum Gasteiger partial charge on any atom is 0.0867 e. The molecule has 0 bridgehead atoms. The number of para-hydroxylation sites is 1. The Morgan fingerprint density at radius 1 is 1.47 bits per heavy atom. The molecule has 1 aromatic heterocycles. The molecule has 0 radical (unpaired) electrons. The second-order valence-corrected chi connectivity index (χ2v) is 5.82. The van der Waals surface area contributed by atoms with Crippen LogP contribution < -0.4 is 5.32 Å². The molecule has 1 fully saturated rings. The molecular formula is C15H17BrN2O. The van der Waals surface area contributed by atoms with Crippen LogP contribution in [0.25, 0.3) is 10.9 Å². The second kappa shape index (κ2) is 5.47. The first-order chi connectivity index (χ1) is 9.24. The van der Waals surface area contributed by atoms with Gasteiger partial charge in [-0.1, -0.05) is 12.1 Å². The van der Waals surface area contributed by atoms with Crippen LogP contribution in [0.1, 0.15) is 18.5 Å². The Bertz CT molecular complexity index is 594. The van der Waals surface area contributed by atoms with E-state index < -0.39 is 0 Å². The van der Waals surface area contributed by atoms with E-state index in [9.17, 15) is 0 Å². The van der Waals surface area contributed by atoms with Crippen LogP contribution in [-0.2, 0) is 4.74 Å². The van der Waals surface area contributed by atoms with Gasteiger partial charge in [0.2, 0.25) is 0 Å². The number of aryl methyl sites for hydroxylation is 1. The normalized spacial score (nSPS) is 18.9. The van der Waals surface area contributed by atoms with Gasteiger partial charge in [0.15, 0.2) is 0 Å². The van der Waals surface area contributed by atoms with Crippen molar-refractivity contribution in [1.29, 1.82) is 0 Å². The Balaban J connectivity index is 1.91. The monoisotopic (exact) mass is 320 g/mol. The zero-order chi connectivity index (χ0) is 13.2. The molecule has 1 saturated heterocycles. The zero-order valence-electron chi connectivity index (χ0n) is 10.9. The molecule has 0 saturated carbocycles. The van der Waals surface area contributed by atoms with Crippen molar-refractivity contribution < 1.29 is 4.74 Å². The van der Waals surface area contributed by atoms with Gasteiger partial charge in [-0.05, 0) is 47.8 Å². The van der Waals surface area contributed by atoms with Gasteiger partial charge in [-0.2, -0.15) is 0 Å². The number of benzene rings is 1. The van der Waals surface area contributed by atoms with E-state index in [-0.39, 0.29) is 0 Å². The maximum absolute atomic E-state index is 5.65. The molecular weight excluding hydrogens is 304 g/mol. The lowest BCUT2D eigenvalue weighted by Crippen LogP contribution is -2.18. The highest BCUT2D eigenvalue weighted by molar-refractivity contribution is 9.10. The minimum atomic E-state index is 0.343. The minimum absolute atomic E-state index is 0.343. The van der Waals surface area contributed by atoms with Gasteiger partial charge in [0.25, 0.3) is 0 Å². The molecule has 2 aromatic rings. The average molecular weight is 321 g/mol. The van der Waals surface area contributed by atoms with Gasteiger partial charge in [0.1, 0.15) is 0 Å². The predicted molar refractivity (Wildman–Crippen MR) is 81.6 cm³/mol. The largest absolute Gasteiger partial charge is 0.382 e. The van der Waals surface area contributed by atoms with Crippen molar-refractivity contribution in [3.63, 3.8) is 0 Å². The fraction of sp³-hybridized carbons (Fsp3) is 0.400. The Morgan fingerprint density at radius 2 is 2.37 bits per heavy atom. The first kappa shape index (κ1) is 12.9. The Morgan fingerprint density at radius 3 is 3.16 bits per heavy atom. The highest BCUT2D eigenvalue weighted by atomic mass is 79.9. The Labute approximate surface area is 121 Å². The molecule has 3 nitrogen and oxygen atoms in total. The van der Waals surface area contributed by atoms with Gasteiger partial charge >= 0.3 is 0 Å². The first-order valence-corrected chi connectivity index (χ1v) is 7.44. The molecule has 100 valence electrons. The quantitative estimate of drug-likeness (QED) is 0.931. The molecule has 1 aromatic carbocycles. The number of ether oxygens (including phenoxy) is 1. The lowest BCUT2D eigenvalue weighted by atomic mass is 10.1. The molecule has 1 N–H and O–H groups in total. The summed E-state index contributed by atoms with van der Waals surface area (Å²) in [4.78, 5) is 4.60. The first-order valence-electron chi connectivity index (χ1n) is 6.65. The van der Waals surface area contributed by atoms with Crippen molar-refractivity contribution in [1.82, 2.24) is 4.98 Å². The van der Waals surface area contributed by atoms with Crippen LogP contribution >= 0.6 is 15.9 Å². The summed E-state index contributed by atoms with van der Waals surface area (Å²) < 4.78 is 6.69. The lowest BCUT2D eigenvalue weighted by molar-refractivity contribution is 0.120. The third-order valence-corrected chi connectivity index (χ3v) is 4.10. The fourth-order valence-corrected chi connectivity index (χ4v) is 2.97. The van der Waals surface area contributed by atoms with Crippen LogP contribution in [0.4, 0.5) is 5.69 Å². The van der Waals surface area contributed by atoms with E-state index in [1.807, 2.05) is 19.1 Å². The smallest absolute Gasteiger partial charge is 0.0867 e. The molecule has 1 unspecified atom stereocenters. The third kappa shape index (κ3) is 2.74. The molecule has 0 aliphatic carbocycles. The van der Waals surface area contributed by atoms with E-state index in [1.165, 1.54) is 6.42 Å². The molecule has 1 aliphatic heterocycles. The summed E-state index contributed by atoms with van der Waals surface area (Å²) in [5.74, 6) is 0. The Hall–Kier alpha value is -1.13. The minimum Gasteiger partial charge on any atom is -0.382 e. The number of fused-ring (bicyclic) bond motifs is 1. The number of anilines is 1. The molecule has 4 heteroatoms. The van der Waals surface area contributed by atoms with Crippen LogP contribution in [0.2, 0.25) is 0 Å². The zero-order valence-corrected chi connectivity index (χ0v) is 12.5. The van der Waals surface area contributed by atoms with Crippen LogP contribution in [-0.4, -0.2) is 24.2 Å². The second-order valence-electron chi connectivity index (χ2n) is 4.96. The number of aromatic nitrogens is 1. The molecule has 1 aliphatic rings. The summed E-state index contributed by atoms with van der Waals surface area (Å²) in [6, 6.07) is 8.27. The van der Waals surface area contributed by atoms with E-state index in [0.717, 1.165) is 46.3 Å². The van der Waals surface area contributed by atoms with Crippen LogP contribution in [0.5, 0.6) is 0 Å². The van der Waals surface area contributed by atoms with Gasteiger partial charge in [0.05, 0.1) is 11.6 Å². The van der Waals surface area contributed by atoms with E-state index in [2.05, 4.69) is 38.4 Å². The SMILES string of the molecule is Cc1cc(NCC2CCCO2)c2cccc(Br)c2n1. The van der Waals surface area contributed by atoms with Gasteiger partial charge in [-0.15, -0.1) is 0 Å². The van der Waals surface area contributed by atoms with Crippen LogP contribution in [0.3, 0.4) is 0 Å². The summed E-state index contributed by atoms with van der Waals surface area (Å²) in [5, 5.41) is 4.66. The van der Waals surface area contributed by atoms with Gasteiger partial charge in [-0.3, -0.25) is 4.98 Å². The lowest BCUT2D eigenvalue weighted by Gasteiger charge is -2.14. The average Bonchev–Trinajstić information content (AvgIpc) is 2.90. The summed E-state index contributed by atoms with van der Waals surface area (Å²) >= 11 is 3.57. The molecule has 0 spiro atoms. The van der Waals surface area contributed by atoms with Crippen molar-refractivity contribution in [3.8, 4) is 0 Å². The van der Waals surface area contributed by atoms with Gasteiger partial charge in [-0.25, -0.2) is 0 Å². The van der Waals surface area contributed by atoms with E-state index >= 15 is 0 Å². The van der Waals surface area contributed by atoms with Crippen molar-refractivity contribution in [2.75, 3.05) is 18.5 Å². The summed E-state index contributed by atoms with van der Waals surface area (Å²) in [6.07, 6.45) is 2.67. The van der Waals surface area contributed by atoms with E-state index in [1.54, 1.807) is 0 Å². The maximum atomic E-state index is 5.65. The van der Waals surface area contributed by atoms with E-state index in [4.69, 9.17) is 4.74 Å². The van der Waals surface area contributed by atoms with Crippen LogP contribution in [0.15, 0.2) is 28.7 Å². The molecule has 0 amide bonds. The van der Waals surface area contributed by atoms with Crippen molar-refractivity contribution in [2.24, 2.45) is 0 Å². The summed E-state index contributed by atoms with van der Waals surface area (Å²) in [7, 11) is 0. The molecule has 3 rings (SSSR count). The number of nitrogens with one attached hydrogen (secondary N) is 1. The van der Waals surface area contributed by atoms with Crippen LogP contribution in [0, 0.1) is 6.92 Å². The number of halogens is 1. The Kier molecular flexibility index (Phi) is 3.71. The number of hydrogen-bond acceptors (Lipinski definition) is 3. The molecule has 1 atom stereocenters. The summed E-state index contributed by atoms with van der Waals surface area (Å²) in [6.45, 7) is 3.79. The number of nitrogens with zero attached hydrogens (tertiary/aromatic N) is 1. The van der Waals surface area contributed by atoms with E-state index in [0.29, 0.717) is 6.10 Å². The number of pyridine rings is 1. The summed E-state index contributed by atoms with van der Waals surface area (Å²) in [5.41, 5.74) is 3.17. The number of rotatable bonds is 3. The highest BCUT2D eigenvalue weighted by Crippen LogP contribution is 2.28. The molecule has 2 heterocycles. The van der Waals surface area contributed by atoms with Crippen molar-refractivity contribution in [3.05, 3.63) is 34.4 Å². The number of hydrogen-bond donors (Lipinski definition) is 1. The standard InChI is InChI=1S/C15H17BrN2O/c1-10-8-14(17-9-11-4-3-7-19-11)12-5-2-6-13(16)15(12)18-10/h2,5-6,8,11H,3-4,7,9H2,1H3,(H,17,18). The van der Waals surface area contributed by atoms with Crippen molar-refractivity contribution in [2.45, 2.75) is 25.9 Å². The topological polar surface area (TPSA) is 34.1 Å². The molecule has 19 heavy (non-hydrogen) atoms. The fourth-order valence-electron chi connectivity index (χ4n) is 2.52. The van der Waals surface area contributed by atoms with Gasteiger partial charge in [0, 0.05) is 34.4 Å². The van der Waals surface area contributed by atoms with Gasteiger partial charge < -0.3 is 10.1 Å². The predicted octanol–water partition coefficient (Wildman–Crippen LogP) is 3.90. The van der Waals surface area contributed by atoms with Crippen molar-refractivity contribution >= 4 is 32.5 Å².